The van der Waals surface area contributed by atoms with Crippen molar-refractivity contribution in [2.45, 2.75) is 84.5 Å². The summed E-state index contributed by atoms with van der Waals surface area (Å²) < 4.78 is 38.4. The van der Waals surface area contributed by atoms with Gasteiger partial charge in [0.15, 0.2) is 5.78 Å². The second-order valence-corrected chi connectivity index (χ2v) is 9.01. The Morgan fingerprint density at radius 1 is 0.938 bits per heavy atom. The molecule has 7 heteroatoms. The molecule has 0 fully saturated rings. The highest BCUT2D eigenvalue weighted by molar-refractivity contribution is 5.98. The van der Waals surface area contributed by atoms with Crippen LogP contribution in [0.15, 0.2) is 24.3 Å². The molecule has 1 aromatic carbocycles. The van der Waals surface area contributed by atoms with Gasteiger partial charge in [-0.2, -0.15) is 8.78 Å². The van der Waals surface area contributed by atoms with Crippen LogP contribution in [0.3, 0.4) is 0 Å². The zero-order chi connectivity index (χ0) is 24.4. The molecule has 0 aliphatic carbocycles. The molecule has 5 nitrogen and oxygen atoms in total. The van der Waals surface area contributed by atoms with Crippen LogP contribution >= 0.6 is 0 Å². The van der Waals surface area contributed by atoms with Gasteiger partial charge in [-0.25, -0.2) is 4.79 Å². The van der Waals surface area contributed by atoms with E-state index in [2.05, 4.69) is 4.74 Å². The number of hydrogen-bond donors (Lipinski definition) is 0. The molecule has 0 saturated carbocycles. The third-order valence-electron chi connectivity index (χ3n) is 5.16. The van der Waals surface area contributed by atoms with E-state index < -0.39 is 42.6 Å². The summed E-state index contributed by atoms with van der Waals surface area (Å²) in [7, 11) is 0. The second kappa shape index (κ2) is 12.7. The third-order valence-corrected chi connectivity index (χ3v) is 5.16. The minimum Gasteiger partial charge on any atom is -0.465 e. The first-order chi connectivity index (χ1) is 14.9. The first-order valence-electron chi connectivity index (χ1n) is 11.3. The molecule has 1 atom stereocenters. The maximum absolute atomic E-state index is 14.4. The highest BCUT2D eigenvalue weighted by atomic mass is 19.3. The summed E-state index contributed by atoms with van der Waals surface area (Å²) in [5.74, 6) is -8.06. The van der Waals surface area contributed by atoms with Crippen LogP contribution in [-0.4, -0.2) is 36.9 Å². The molecule has 0 spiro atoms. The molecule has 0 bridgehead atoms. The highest BCUT2D eigenvalue weighted by Gasteiger charge is 2.44. The number of carbonyl (C=O) groups is 3. The van der Waals surface area contributed by atoms with Crippen LogP contribution in [0.4, 0.5) is 8.78 Å². The van der Waals surface area contributed by atoms with Crippen molar-refractivity contribution < 1.29 is 32.6 Å². The van der Waals surface area contributed by atoms with Crippen LogP contribution in [-0.2, 0) is 24.5 Å². The maximum Gasteiger partial charge on any atom is 0.376 e. The summed E-state index contributed by atoms with van der Waals surface area (Å²) in [5.41, 5.74) is 1.08. The zero-order valence-electron chi connectivity index (χ0n) is 19.8. The van der Waals surface area contributed by atoms with Crippen LogP contribution in [0.2, 0.25) is 0 Å². The predicted octanol–water partition coefficient (Wildman–Crippen LogP) is 5.89. The first kappa shape index (κ1) is 27.7. The molecule has 0 unspecified atom stereocenters. The maximum atomic E-state index is 14.4. The van der Waals surface area contributed by atoms with Gasteiger partial charge in [0.05, 0.1) is 12.5 Å². The van der Waals surface area contributed by atoms with Gasteiger partial charge in [-0.05, 0) is 24.3 Å². The molecule has 0 aliphatic rings. The number of rotatable bonds is 13. The summed E-state index contributed by atoms with van der Waals surface area (Å²) in [6.45, 7) is 8.82. The monoisotopic (exact) mass is 454 g/mol. The standard InChI is InChI=1S/C25H36F2O5/c1-6-8-9-10-11-21(28)32-17-19(16-25(26,27)23(30)31-7-2)22(29)18-12-14-20(15-13-18)24(3,4)5/h12-15,19H,6-11,16-17H2,1-5H3/t19-/m0/s1. The fraction of sp³-hybridized carbons (Fsp3) is 0.640. The molecule has 0 saturated heterocycles. The van der Waals surface area contributed by atoms with E-state index in [4.69, 9.17) is 4.74 Å². The second-order valence-electron chi connectivity index (χ2n) is 9.01. The van der Waals surface area contributed by atoms with Crippen molar-refractivity contribution in [1.82, 2.24) is 0 Å². The highest BCUT2D eigenvalue weighted by Crippen LogP contribution is 2.29. The van der Waals surface area contributed by atoms with Crippen LogP contribution in [0.1, 0.15) is 89.1 Å². The molecule has 180 valence electrons. The fourth-order valence-corrected chi connectivity index (χ4v) is 3.19. The van der Waals surface area contributed by atoms with E-state index in [0.29, 0.717) is 6.42 Å². The Labute approximate surface area is 189 Å². The van der Waals surface area contributed by atoms with Crippen molar-refractivity contribution in [3.05, 3.63) is 35.4 Å². The van der Waals surface area contributed by atoms with Crippen molar-refractivity contribution in [2.75, 3.05) is 13.2 Å². The fourth-order valence-electron chi connectivity index (χ4n) is 3.19. The Hall–Kier alpha value is -2.31. The summed E-state index contributed by atoms with van der Waals surface area (Å²) in [6, 6.07) is 6.69. The molecule has 1 aromatic rings. The number of carbonyl (C=O) groups excluding carboxylic acids is 3. The van der Waals surface area contributed by atoms with Gasteiger partial charge in [-0.15, -0.1) is 0 Å². The van der Waals surface area contributed by atoms with Crippen molar-refractivity contribution in [1.29, 1.82) is 0 Å². The molecular weight excluding hydrogens is 418 g/mol. The van der Waals surface area contributed by atoms with Gasteiger partial charge in [0.1, 0.15) is 6.61 Å². The van der Waals surface area contributed by atoms with Crippen molar-refractivity contribution in [2.24, 2.45) is 5.92 Å². The molecule has 0 heterocycles. The number of hydrogen-bond acceptors (Lipinski definition) is 5. The summed E-state index contributed by atoms with van der Waals surface area (Å²) >= 11 is 0. The smallest absolute Gasteiger partial charge is 0.376 e. The van der Waals surface area contributed by atoms with Gasteiger partial charge >= 0.3 is 17.9 Å². The molecule has 0 aromatic heterocycles. The van der Waals surface area contributed by atoms with Crippen molar-refractivity contribution >= 4 is 17.7 Å². The number of ketones is 1. The minimum absolute atomic E-state index is 0.134. The number of Topliss-reactive ketones (excluding diaryl/α,β-unsaturated/α-hetero) is 1. The molecule has 0 radical (unpaired) electrons. The quantitative estimate of drug-likeness (QED) is 0.211. The minimum atomic E-state index is -3.87. The molecule has 1 rings (SSSR count). The lowest BCUT2D eigenvalue weighted by Crippen LogP contribution is -2.37. The number of benzene rings is 1. The summed E-state index contributed by atoms with van der Waals surface area (Å²) in [6.07, 6.45) is 2.59. The van der Waals surface area contributed by atoms with Gasteiger partial charge in [0.25, 0.3) is 0 Å². The molecule has 0 N–H and O–H groups in total. The third kappa shape index (κ3) is 9.05. The Balaban J connectivity index is 2.96. The Morgan fingerprint density at radius 3 is 2.09 bits per heavy atom. The number of unbranched alkanes of at least 4 members (excludes halogenated alkanes) is 3. The normalized spacial score (nSPS) is 12.8. The van der Waals surface area contributed by atoms with Crippen LogP contribution < -0.4 is 0 Å². The Morgan fingerprint density at radius 2 is 1.56 bits per heavy atom. The topological polar surface area (TPSA) is 69.7 Å². The SMILES string of the molecule is CCCCCCC(=O)OC[C@H](CC(F)(F)C(=O)OCC)C(=O)c1ccc(C(C)(C)C)cc1. The molecule has 32 heavy (non-hydrogen) atoms. The van der Waals surface area contributed by atoms with Gasteiger partial charge in [0.2, 0.25) is 0 Å². The number of esters is 2. The van der Waals surface area contributed by atoms with Gasteiger partial charge in [-0.3, -0.25) is 9.59 Å². The van der Waals surface area contributed by atoms with Crippen molar-refractivity contribution in [3.63, 3.8) is 0 Å². The summed E-state index contributed by atoms with van der Waals surface area (Å²) in [4.78, 5) is 36.7. The van der Waals surface area contributed by atoms with E-state index in [-0.39, 0.29) is 24.0 Å². The Kier molecular flexibility index (Phi) is 11.0. The van der Waals surface area contributed by atoms with Crippen molar-refractivity contribution in [3.8, 4) is 0 Å². The van der Waals surface area contributed by atoms with Crippen LogP contribution in [0.5, 0.6) is 0 Å². The Bertz CT molecular complexity index is 751. The lowest BCUT2D eigenvalue weighted by molar-refractivity contribution is -0.174. The molecule has 0 aliphatic heterocycles. The van der Waals surface area contributed by atoms with E-state index in [1.54, 1.807) is 24.3 Å². The van der Waals surface area contributed by atoms with Crippen LogP contribution in [0, 0.1) is 5.92 Å². The number of alkyl halides is 2. The van der Waals surface area contributed by atoms with Gasteiger partial charge in [-0.1, -0.05) is 71.2 Å². The van der Waals surface area contributed by atoms with Gasteiger partial charge in [0, 0.05) is 18.4 Å². The average Bonchev–Trinajstić information content (AvgIpc) is 2.73. The molecule has 0 amide bonds. The lowest BCUT2D eigenvalue weighted by Gasteiger charge is -2.22. The number of ether oxygens (including phenoxy) is 2. The van der Waals surface area contributed by atoms with Crippen LogP contribution in [0.25, 0.3) is 0 Å². The number of halogens is 2. The van der Waals surface area contributed by atoms with E-state index >= 15 is 0 Å². The predicted molar refractivity (Wildman–Crippen MR) is 119 cm³/mol. The van der Waals surface area contributed by atoms with E-state index in [0.717, 1.165) is 24.8 Å². The largest absolute Gasteiger partial charge is 0.465 e. The zero-order valence-corrected chi connectivity index (χ0v) is 19.8. The first-order valence-corrected chi connectivity index (χ1v) is 11.3. The molecular formula is C25H36F2O5. The van der Waals surface area contributed by atoms with Gasteiger partial charge < -0.3 is 9.47 Å². The van der Waals surface area contributed by atoms with E-state index in [1.165, 1.54) is 6.92 Å². The van der Waals surface area contributed by atoms with E-state index in [1.807, 2.05) is 27.7 Å². The lowest BCUT2D eigenvalue weighted by atomic mass is 9.85. The average molecular weight is 455 g/mol. The summed E-state index contributed by atoms with van der Waals surface area (Å²) in [5, 5.41) is 0. The van der Waals surface area contributed by atoms with E-state index in [9.17, 15) is 23.2 Å².